The van der Waals surface area contributed by atoms with Crippen molar-refractivity contribution >= 4 is 5.91 Å². The van der Waals surface area contributed by atoms with Gasteiger partial charge >= 0.3 is 0 Å². The van der Waals surface area contributed by atoms with Crippen LogP contribution in [0, 0.1) is 11.8 Å². The number of likely N-dealkylation sites (tertiary alicyclic amines) is 1. The van der Waals surface area contributed by atoms with Crippen molar-refractivity contribution in [2.24, 2.45) is 11.8 Å². The Morgan fingerprint density at radius 3 is 2.59 bits per heavy atom. The fourth-order valence-electron chi connectivity index (χ4n) is 2.58. The van der Waals surface area contributed by atoms with Crippen LogP contribution in [0.2, 0.25) is 0 Å². The summed E-state index contributed by atoms with van der Waals surface area (Å²) in [5, 5.41) is 0. The molecule has 0 aliphatic carbocycles. The predicted molar refractivity (Wildman–Crippen MR) is 65.9 cm³/mol. The zero-order chi connectivity index (χ0) is 12.4. The first-order chi connectivity index (χ1) is 8.08. The normalized spacial score (nSPS) is 24.7. The Labute approximate surface area is 101 Å². The van der Waals surface area contributed by atoms with Gasteiger partial charge in [0.05, 0.1) is 0 Å². The fourth-order valence-corrected chi connectivity index (χ4v) is 2.58. The third-order valence-corrected chi connectivity index (χ3v) is 3.21. The maximum absolute atomic E-state index is 12.2. The number of piperidine rings is 1. The molecule has 1 fully saturated rings. The minimum atomic E-state index is -0.209. The molecular formula is C13H18N2O2. The Balaban J connectivity index is 2.20. The second kappa shape index (κ2) is 4.73. The van der Waals surface area contributed by atoms with Gasteiger partial charge in [-0.25, -0.2) is 0 Å². The Morgan fingerprint density at radius 2 is 2.00 bits per heavy atom. The van der Waals surface area contributed by atoms with E-state index in [9.17, 15) is 9.59 Å². The molecule has 92 valence electrons. The van der Waals surface area contributed by atoms with E-state index in [1.807, 2.05) is 0 Å². The minimum Gasteiger partial charge on any atom is -0.367 e. The zero-order valence-electron chi connectivity index (χ0n) is 10.3. The van der Waals surface area contributed by atoms with E-state index in [0.717, 1.165) is 19.5 Å². The predicted octanol–water partition coefficient (Wildman–Crippen LogP) is 1.49. The molecule has 1 aliphatic rings. The third-order valence-electron chi connectivity index (χ3n) is 3.21. The highest BCUT2D eigenvalue weighted by Gasteiger charge is 2.27. The molecule has 17 heavy (non-hydrogen) atoms. The minimum absolute atomic E-state index is 0.148. The monoisotopic (exact) mass is 234 g/mol. The molecule has 0 saturated carbocycles. The molecule has 2 heterocycles. The van der Waals surface area contributed by atoms with Gasteiger partial charge < -0.3 is 9.88 Å². The van der Waals surface area contributed by atoms with Crippen LogP contribution >= 0.6 is 0 Å². The molecule has 1 aliphatic heterocycles. The van der Waals surface area contributed by atoms with E-state index < -0.39 is 0 Å². The van der Waals surface area contributed by atoms with E-state index in [2.05, 4.69) is 18.8 Å². The molecule has 1 aromatic heterocycles. The van der Waals surface area contributed by atoms with Crippen molar-refractivity contribution in [2.45, 2.75) is 20.3 Å². The maximum Gasteiger partial charge on any atom is 0.259 e. The molecule has 0 spiro atoms. The van der Waals surface area contributed by atoms with E-state index in [-0.39, 0.29) is 16.9 Å². The Kier molecular flexibility index (Phi) is 3.31. The molecule has 2 unspecified atom stereocenters. The van der Waals surface area contributed by atoms with Crippen molar-refractivity contribution in [3.05, 3.63) is 34.2 Å². The molecule has 2 atom stereocenters. The van der Waals surface area contributed by atoms with E-state index >= 15 is 0 Å². The average Bonchev–Trinajstić information content (AvgIpc) is 2.27. The number of amides is 1. The smallest absolute Gasteiger partial charge is 0.259 e. The highest BCUT2D eigenvalue weighted by Crippen LogP contribution is 2.21. The number of aromatic nitrogens is 1. The number of nitrogens with zero attached hydrogens (tertiary/aromatic N) is 1. The number of carbonyl (C=O) groups is 1. The summed E-state index contributed by atoms with van der Waals surface area (Å²) in [4.78, 5) is 28.4. The molecule has 0 bridgehead atoms. The zero-order valence-corrected chi connectivity index (χ0v) is 10.3. The first kappa shape index (κ1) is 11.9. The molecule has 2 rings (SSSR count). The number of H-pyrrole nitrogens is 1. The number of rotatable bonds is 1. The summed E-state index contributed by atoms with van der Waals surface area (Å²) in [5.74, 6) is 0.862. The fraction of sp³-hybridized carbons (Fsp3) is 0.538. The summed E-state index contributed by atoms with van der Waals surface area (Å²) in [6, 6.07) is 1.39. The van der Waals surface area contributed by atoms with Crippen LogP contribution in [0.15, 0.2) is 23.3 Å². The number of nitrogens with one attached hydrogen (secondary N) is 1. The van der Waals surface area contributed by atoms with E-state index in [0.29, 0.717) is 11.8 Å². The van der Waals surface area contributed by atoms with Crippen LogP contribution in [0.3, 0.4) is 0 Å². The average molecular weight is 234 g/mol. The molecule has 0 radical (unpaired) electrons. The summed E-state index contributed by atoms with van der Waals surface area (Å²) in [6.45, 7) is 5.78. The van der Waals surface area contributed by atoms with Crippen LogP contribution in [0.5, 0.6) is 0 Å². The lowest BCUT2D eigenvalue weighted by Gasteiger charge is -2.34. The summed E-state index contributed by atoms with van der Waals surface area (Å²) in [5.41, 5.74) is 0.0356. The Hall–Kier alpha value is -1.58. The van der Waals surface area contributed by atoms with Gasteiger partial charge in [-0.05, 0) is 18.3 Å². The molecular weight excluding hydrogens is 216 g/mol. The Morgan fingerprint density at radius 1 is 1.35 bits per heavy atom. The van der Waals surface area contributed by atoms with Crippen molar-refractivity contribution < 1.29 is 4.79 Å². The van der Waals surface area contributed by atoms with Crippen molar-refractivity contribution in [1.82, 2.24) is 9.88 Å². The molecule has 1 amide bonds. The van der Waals surface area contributed by atoms with Crippen molar-refractivity contribution in [1.29, 1.82) is 0 Å². The van der Waals surface area contributed by atoms with Crippen LogP contribution < -0.4 is 5.43 Å². The maximum atomic E-state index is 12.2. The lowest BCUT2D eigenvalue weighted by molar-refractivity contribution is 0.0621. The number of carbonyl (C=O) groups excluding carboxylic acids is 1. The molecule has 1 saturated heterocycles. The quantitative estimate of drug-likeness (QED) is 0.800. The first-order valence-electron chi connectivity index (χ1n) is 6.04. The first-order valence-corrected chi connectivity index (χ1v) is 6.04. The summed E-state index contributed by atoms with van der Waals surface area (Å²) in [6.07, 6.45) is 4.18. The third kappa shape index (κ3) is 2.57. The number of hydrogen-bond acceptors (Lipinski definition) is 2. The van der Waals surface area contributed by atoms with Gasteiger partial charge in [0.15, 0.2) is 5.43 Å². The highest BCUT2D eigenvalue weighted by molar-refractivity contribution is 5.93. The van der Waals surface area contributed by atoms with E-state index in [1.54, 1.807) is 11.1 Å². The van der Waals surface area contributed by atoms with Crippen LogP contribution in [-0.2, 0) is 0 Å². The van der Waals surface area contributed by atoms with Crippen molar-refractivity contribution in [2.75, 3.05) is 13.1 Å². The summed E-state index contributed by atoms with van der Waals surface area (Å²) in [7, 11) is 0. The van der Waals surface area contributed by atoms with Gasteiger partial charge in [-0.3, -0.25) is 9.59 Å². The largest absolute Gasteiger partial charge is 0.367 e. The lowest BCUT2D eigenvalue weighted by Crippen LogP contribution is -2.43. The molecule has 0 aromatic carbocycles. The summed E-state index contributed by atoms with van der Waals surface area (Å²) < 4.78 is 0. The SMILES string of the molecule is CC1CC(C)CN(C(=O)c2c[nH]ccc2=O)C1. The van der Waals surface area contributed by atoms with Crippen LogP contribution in [-0.4, -0.2) is 28.9 Å². The van der Waals surface area contributed by atoms with Gasteiger partial charge in [-0.2, -0.15) is 0 Å². The Bertz CT molecular complexity index is 456. The second-order valence-corrected chi connectivity index (χ2v) is 5.08. The van der Waals surface area contributed by atoms with Gasteiger partial charge in [0, 0.05) is 31.5 Å². The lowest BCUT2D eigenvalue weighted by atomic mass is 9.91. The number of pyridine rings is 1. The molecule has 4 nitrogen and oxygen atoms in total. The second-order valence-electron chi connectivity index (χ2n) is 5.08. The van der Waals surface area contributed by atoms with Crippen LogP contribution in [0.1, 0.15) is 30.6 Å². The highest BCUT2D eigenvalue weighted by atomic mass is 16.2. The van der Waals surface area contributed by atoms with Gasteiger partial charge in [-0.1, -0.05) is 13.8 Å². The van der Waals surface area contributed by atoms with Gasteiger partial charge in [0.2, 0.25) is 0 Å². The number of hydrogen-bond donors (Lipinski definition) is 1. The van der Waals surface area contributed by atoms with Crippen LogP contribution in [0.4, 0.5) is 0 Å². The molecule has 1 aromatic rings. The topological polar surface area (TPSA) is 53.2 Å². The van der Waals surface area contributed by atoms with Gasteiger partial charge in [-0.15, -0.1) is 0 Å². The van der Waals surface area contributed by atoms with Crippen LogP contribution in [0.25, 0.3) is 0 Å². The molecule has 1 N–H and O–H groups in total. The molecule has 4 heteroatoms. The van der Waals surface area contributed by atoms with Gasteiger partial charge in [0.25, 0.3) is 5.91 Å². The van der Waals surface area contributed by atoms with E-state index in [4.69, 9.17) is 0 Å². The van der Waals surface area contributed by atoms with Crippen molar-refractivity contribution in [3.8, 4) is 0 Å². The van der Waals surface area contributed by atoms with E-state index in [1.165, 1.54) is 12.3 Å². The van der Waals surface area contributed by atoms with Crippen molar-refractivity contribution in [3.63, 3.8) is 0 Å². The number of aromatic amines is 1. The van der Waals surface area contributed by atoms with Gasteiger partial charge in [0.1, 0.15) is 5.56 Å². The summed E-state index contributed by atoms with van der Waals surface area (Å²) >= 11 is 0. The standard InChI is InChI=1S/C13H18N2O2/c1-9-5-10(2)8-15(7-9)13(17)11-6-14-4-3-12(11)16/h3-4,6,9-10H,5,7-8H2,1-2H3,(H,14,16).